The minimum absolute atomic E-state index is 0.0267. The van der Waals surface area contributed by atoms with Crippen LogP contribution in [0.5, 0.6) is 0 Å². The largest absolute Gasteiger partial charge is 0.462 e. The molecule has 2 amide bonds. The van der Waals surface area contributed by atoms with Gasteiger partial charge in [-0.15, -0.1) is 0 Å². The first-order valence-corrected chi connectivity index (χ1v) is 11.8. The molecular weight excluding hydrogens is 453 g/mol. The molecule has 3 rings (SSSR count). The zero-order valence-electron chi connectivity index (χ0n) is 21.2. The lowest BCUT2D eigenvalue weighted by atomic mass is 9.98. The highest BCUT2D eigenvalue weighted by Gasteiger charge is 2.35. The Labute approximate surface area is 205 Å². The first-order chi connectivity index (χ1) is 16.4. The van der Waals surface area contributed by atoms with E-state index in [9.17, 15) is 23.9 Å². The standard InChI is InChI=1S/C26H34FN3O5/c1-15(2)23-21(25(33)28(3)4)22(26(34)29(5)6)24(16-7-9-17(27)10-8-16)30(23)12-11-19-13-18(31)14-20(32)35-19/h7-10,15,18-19,31H,11-14H2,1-6H3/t18-,19-/m0/s1. The van der Waals surface area contributed by atoms with E-state index in [1.807, 2.05) is 18.4 Å². The first kappa shape index (κ1) is 26.4. The molecule has 1 saturated heterocycles. The topological polar surface area (TPSA) is 92.1 Å². The fourth-order valence-electron chi connectivity index (χ4n) is 4.56. The van der Waals surface area contributed by atoms with Crippen LogP contribution in [0.4, 0.5) is 4.39 Å². The maximum atomic E-state index is 13.8. The van der Waals surface area contributed by atoms with E-state index in [2.05, 4.69) is 0 Å². The summed E-state index contributed by atoms with van der Waals surface area (Å²) in [6.45, 7) is 4.22. The highest BCUT2D eigenvalue weighted by Crippen LogP contribution is 2.37. The van der Waals surface area contributed by atoms with E-state index in [-0.39, 0.29) is 29.7 Å². The molecule has 2 heterocycles. The molecule has 9 heteroatoms. The SMILES string of the molecule is CC(C)c1c(C(=O)N(C)C)c(C(=O)N(C)C)c(-c2ccc(F)cc2)n1CC[C@H]1C[C@H](O)CC(=O)O1. The van der Waals surface area contributed by atoms with Gasteiger partial charge in [0, 0.05) is 53.3 Å². The monoisotopic (exact) mass is 487 g/mol. The van der Waals surface area contributed by atoms with Crippen LogP contribution in [-0.2, 0) is 16.1 Å². The summed E-state index contributed by atoms with van der Waals surface area (Å²) in [7, 11) is 6.51. The molecule has 0 aliphatic carbocycles. The molecule has 0 saturated carbocycles. The van der Waals surface area contributed by atoms with Crippen LogP contribution in [0.2, 0.25) is 0 Å². The number of esters is 1. The summed E-state index contributed by atoms with van der Waals surface area (Å²) in [4.78, 5) is 41.6. The number of benzene rings is 1. The maximum absolute atomic E-state index is 13.8. The van der Waals surface area contributed by atoms with Gasteiger partial charge >= 0.3 is 5.97 Å². The minimum atomic E-state index is -0.760. The van der Waals surface area contributed by atoms with E-state index < -0.39 is 24.0 Å². The van der Waals surface area contributed by atoms with Crippen molar-refractivity contribution in [3.63, 3.8) is 0 Å². The lowest BCUT2D eigenvalue weighted by Crippen LogP contribution is -2.33. The van der Waals surface area contributed by atoms with E-state index in [1.165, 1.54) is 21.9 Å². The Morgan fingerprint density at radius 2 is 1.66 bits per heavy atom. The lowest BCUT2D eigenvalue weighted by molar-refractivity contribution is -0.160. The summed E-state index contributed by atoms with van der Waals surface area (Å²) in [5.41, 5.74) is 2.35. The molecule has 0 bridgehead atoms. The normalized spacial score (nSPS) is 17.9. The van der Waals surface area contributed by atoms with Crippen LogP contribution < -0.4 is 0 Å². The molecule has 0 radical (unpaired) electrons. The number of hydrogen-bond acceptors (Lipinski definition) is 5. The van der Waals surface area contributed by atoms with Crippen LogP contribution >= 0.6 is 0 Å². The number of carbonyl (C=O) groups excluding carboxylic acids is 3. The van der Waals surface area contributed by atoms with Gasteiger partial charge in [-0.2, -0.15) is 0 Å². The summed E-state index contributed by atoms with van der Waals surface area (Å²) in [6.07, 6.45) is -0.569. The van der Waals surface area contributed by atoms with Crippen LogP contribution in [-0.4, -0.2) is 77.7 Å². The number of nitrogens with zero attached hydrogens (tertiary/aromatic N) is 3. The molecule has 190 valence electrons. The predicted octanol–water partition coefficient (Wildman–Crippen LogP) is 3.28. The molecule has 1 N–H and O–H groups in total. The van der Waals surface area contributed by atoms with Crippen molar-refractivity contribution in [2.75, 3.05) is 28.2 Å². The van der Waals surface area contributed by atoms with Crippen LogP contribution in [0.1, 0.15) is 65.4 Å². The molecule has 0 spiro atoms. The van der Waals surface area contributed by atoms with E-state index in [4.69, 9.17) is 4.74 Å². The number of ether oxygens (including phenoxy) is 1. The molecule has 1 aromatic carbocycles. The van der Waals surface area contributed by atoms with Gasteiger partial charge in [0.2, 0.25) is 0 Å². The van der Waals surface area contributed by atoms with Crippen LogP contribution in [0.3, 0.4) is 0 Å². The summed E-state index contributed by atoms with van der Waals surface area (Å²) in [6, 6.07) is 5.81. The van der Waals surface area contributed by atoms with Crippen molar-refractivity contribution < 1.29 is 28.6 Å². The average Bonchev–Trinajstić information content (AvgIpc) is 3.11. The minimum Gasteiger partial charge on any atom is -0.462 e. The number of amides is 2. The number of rotatable bonds is 7. The van der Waals surface area contributed by atoms with Gasteiger partial charge in [0.25, 0.3) is 11.8 Å². The third kappa shape index (κ3) is 5.56. The fraction of sp³-hybridized carbons (Fsp3) is 0.500. The number of halogens is 1. The zero-order valence-corrected chi connectivity index (χ0v) is 21.2. The second-order valence-corrected chi connectivity index (χ2v) is 9.69. The number of aromatic nitrogens is 1. The quantitative estimate of drug-likeness (QED) is 0.605. The van der Waals surface area contributed by atoms with Crippen LogP contribution in [0.15, 0.2) is 24.3 Å². The molecule has 1 aliphatic heterocycles. The summed E-state index contributed by atoms with van der Waals surface area (Å²) in [5.74, 6) is -1.63. The van der Waals surface area contributed by atoms with Gasteiger partial charge in [0.15, 0.2) is 0 Å². The molecule has 2 atom stereocenters. The van der Waals surface area contributed by atoms with Gasteiger partial charge in [0.05, 0.1) is 29.3 Å². The Balaban J connectivity index is 2.26. The van der Waals surface area contributed by atoms with Crippen molar-refractivity contribution in [2.45, 2.75) is 57.8 Å². The highest BCUT2D eigenvalue weighted by atomic mass is 19.1. The molecule has 0 unspecified atom stereocenters. The maximum Gasteiger partial charge on any atom is 0.308 e. The van der Waals surface area contributed by atoms with Gasteiger partial charge < -0.3 is 24.2 Å². The van der Waals surface area contributed by atoms with Gasteiger partial charge in [-0.25, -0.2) is 4.39 Å². The van der Waals surface area contributed by atoms with Gasteiger partial charge in [-0.1, -0.05) is 13.8 Å². The molecule has 1 aromatic heterocycles. The van der Waals surface area contributed by atoms with E-state index in [1.54, 1.807) is 40.3 Å². The van der Waals surface area contributed by atoms with Gasteiger partial charge in [-0.05, 0) is 35.7 Å². The average molecular weight is 488 g/mol. The van der Waals surface area contributed by atoms with Gasteiger partial charge in [0.1, 0.15) is 11.9 Å². The summed E-state index contributed by atoms with van der Waals surface area (Å²) in [5, 5.41) is 10.0. The van der Waals surface area contributed by atoms with Crippen molar-refractivity contribution in [2.24, 2.45) is 0 Å². The van der Waals surface area contributed by atoms with Crippen molar-refractivity contribution in [3.05, 3.63) is 46.9 Å². The predicted molar refractivity (Wildman–Crippen MR) is 130 cm³/mol. The third-order valence-electron chi connectivity index (χ3n) is 6.12. The molecule has 2 aromatic rings. The van der Waals surface area contributed by atoms with Crippen LogP contribution in [0, 0.1) is 5.82 Å². The van der Waals surface area contributed by atoms with Crippen LogP contribution in [0.25, 0.3) is 11.3 Å². The highest BCUT2D eigenvalue weighted by molar-refractivity contribution is 6.12. The van der Waals surface area contributed by atoms with Crippen molar-refractivity contribution in [3.8, 4) is 11.3 Å². The number of cyclic esters (lactones) is 1. The van der Waals surface area contributed by atoms with Crippen molar-refractivity contribution in [1.82, 2.24) is 14.4 Å². The smallest absolute Gasteiger partial charge is 0.308 e. The number of aliphatic hydroxyl groups is 1. The number of hydrogen-bond donors (Lipinski definition) is 1. The Morgan fingerprint density at radius 3 is 2.17 bits per heavy atom. The molecular formula is C26H34FN3O5. The molecule has 1 fully saturated rings. The Kier molecular flexibility index (Phi) is 8.00. The third-order valence-corrected chi connectivity index (χ3v) is 6.12. The van der Waals surface area contributed by atoms with Crippen molar-refractivity contribution in [1.29, 1.82) is 0 Å². The lowest BCUT2D eigenvalue weighted by Gasteiger charge is -2.27. The molecule has 1 aliphatic rings. The summed E-state index contributed by atoms with van der Waals surface area (Å²) < 4.78 is 21.1. The Morgan fingerprint density at radius 1 is 1.09 bits per heavy atom. The van der Waals surface area contributed by atoms with E-state index >= 15 is 0 Å². The van der Waals surface area contributed by atoms with Crippen molar-refractivity contribution >= 4 is 17.8 Å². The molecule has 35 heavy (non-hydrogen) atoms. The number of aliphatic hydroxyl groups excluding tert-OH is 1. The summed E-state index contributed by atoms with van der Waals surface area (Å²) >= 11 is 0. The number of carbonyl (C=O) groups is 3. The fourth-order valence-corrected chi connectivity index (χ4v) is 4.56. The second-order valence-electron chi connectivity index (χ2n) is 9.69. The molecule has 8 nitrogen and oxygen atoms in total. The van der Waals surface area contributed by atoms with Gasteiger partial charge in [-0.3, -0.25) is 14.4 Å². The second kappa shape index (κ2) is 10.6. The van der Waals surface area contributed by atoms with E-state index in [0.29, 0.717) is 41.9 Å². The first-order valence-electron chi connectivity index (χ1n) is 11.8. The van der Waals surface area contributed by atoms with E-state index in [0.717, 1.165) is 0 Å². The Bertz CT molecular complexity index is 1110. The Hall–Kier alpha value is -3.20. The zero-order chi connectivity index (χ0) is 26.0.